The predicted molar refractivity (Wildman–Crippen MR) is 59.4 cm³/mol. The van der Waals surface area contributed by atoms with E-state index < -0.39 is 0 Å². The fourth-order valence-corrected chi connectivity index (χ4v) is 2.42. The number of amides is 1. The molecule has 0 aliphatic carbocycles. The standard InChI is InChI=1S/C11H21N3O/c1-9-11(15)14(8-4-7-12-9)10-5-2-3-6-13-10/h9-10,12-13H,2-8H2,1H3. The lowest BCUT2D eigenvalue weighted by atomic mass is 10.1. The molecule has 0 aromatic rings. The summed E-state index contributed by atoms with van der Waals surface area (Å²) < 4.78 is 0. The van der Waals surface area contributed by atoms with Gasteiger partial charge in [-0.1, -0.05) is 0 Å². The molecule has 0 saturated carbocycles. The van der Waals surface area contributed by atoms with Crippen molar-refractivity contribution in [3.05, 3.63) is 0 Å². The lowest BCUT2D eigenvalue weighted by Gasteiger charge is -2.35. The van der Waals surface area contributed by atoms with Crippen molar-refractivity contribution in [3.8, 4) is 0 Å². The maximum Gasteiger partial charge on any atom is 0.240 e. The van der Waals surface area contributed by atoms with Crippen LogP contribution in [0.3, 0.4) is 0 Å². The minimum atomic E-state index is -0.0174. The Morgan fingerprint density at radius 1 is 1.20 bits per heavy atom. The van der Waals surface area contributed by atoms with E-state index in [0.29, 0.717) is 0 Å². The van der Waals surface area contributed by atoms with Gasteiger partial charge in [0.15, 0.2) is 0 Å². The zero-order valence-corrected chi connectivity index (χ0v) is 9.46. The van der Waals surface area contributed by atoms with Gasteiger partial charge in [0.05, 0.1) is 12.2 Å². The Morgan fingerprint density at radius 2 is 2.00 bits per heavy atom. The minimum Gasteiger partial charge on any atom is -0.326 e. The largest absolute Gasteiger partial charge is 0.326 e. The van der Waals surface area contributed by atoms with Crippen LogP contribution in [0.25, 0.3) is 0 Å². The van der Waals surface area contributed by atoms with Gasteiger partial charge in [0.2, 0.25) is 5.91 Å². The predicted octanol–water partition coefficient (Wildman–Crippen LogP) is 0.296. The van der Waals surface area contributed by atoms with Crippen molar-refractivity contribution in [2.75, 3.05) is 19.6 Å². The van der Waals surface area contributed by atoms with Gasteiger partial charge in [-0.05, 0) is 45.7 Å². The molecule has 2 atom stereocenters. The van der Waals surface area contributed by atoms with Crippen LogP contribution in [0, 0.1) is 0 Å². The van der Waals surface area contributed by atoms with Gasteiger partial charge in [-0.15, -0.1) is 0 Å². The van der Waals surface area contributed by atoms with Gasteiger partial charge < -0.3 is 10.2 Å². The second-order valence-electron chi connectivity index (χ2n) is 4.53. The molecular weight excluding hydrogens is 190 g/mol. The van der Waals surface area contributed by atoms with Crippen LogP contribution in [0.1, 0.15) is 32.6 Å². The molecule has 0 spiro atoms. The second-order valence-corrected chi connectivity index (χ2v) is 4.53. The summed E-state index contributed by atoms with van der Waals surface area (Å²) in [5.41, 5.74) is 0. The summed E-state index contributed by atoms with van der Waals surface area (Å²) in [6.45, 7) is 4.86. The topological polar surface area (TPSA) is 44.4 Å². The molecule has 0 bridgehead atoms. The third-order valence-corrected chi connectivity index (χ3v) is 3.34. The van der Waals surface area contributed by atoms with Crippen molar-refractivity contribution >= 4 is 5.91 Å². The molecule has 86 valence electrons. The van der Waals surface area contributed by atoms with E-state index in [1.54, 1.807) is 0 Å². The Morgan fingerprint density at radius 3 is 2.73 bits per heavy atom. The van der Waals surface area contributed by atoms with Crippen molar-refractivity contribution < 1.29 is 4.79 Å². The van der Waals surface area contributed by atoms with Crippen LogP contribution in [0.4, 0.5) is 0 Å². The number of hydrogen-bond acceptors (Lipinski definition) is 3. The summed E-state index contributed by atoms with van der Waals surface area (Å²) in [5.74, 6) is 0.256. The third kappa shape index (κ3) is 2.49. The molecule has 2 rings (SSSR count). The van der Waals surface area contributed by atoms with Crippen molar-refractivity contribution in [1.82, 2.24) is 15.5 Å². The molecule has 2 unspecified atom stereocenters. The van der Waals surface area contributed by atoms with E-state index in [9.17, 15) is 4.79 Å². The van der Waals surface area contributed by atoms with Gasteiger partial charge in [0, 0.05) is 6.54 Å². The first-order valence-electron chi connectivity index (χ1n) is 6.06. The first-order valence-corrected chi connectivity index (χ1v) is 6.06. The Bertz CT molecular complexity index is 226. The van der Waals surface area contributed by atoms with Crippen LogP contribution in [-0.4, -0.2) is 42.6 Å². The van der Waals surface area contributed by atoms with Crippen molar-refractivity contribution in [1.29, 1.82) is 0 Å². The molecule has 4 heteroatoms. The minimum absolute atomic E-state index is 0.0174. The van der Waals surface area contributed by atoms with Gasteiger partial charge in [-0.25, -0.2) is 0 Å². The maximum absolute atomic E-state index is 12.1. The number of carbonyl (C=O) groups excluding carboxylic acids is 1. The Kier molecular flexibility index (Phi) is 3.59. The molecular formula is C11H21N3O. The van der Waals surface area contributed by atoms with E-state index in [-0.39, 0.29) is 18.1 Å². The van der Waals surface area contributed by atoms with Gasteiger partial charge in [0.1, 0.15) is 0 Å². The molecule has 2 saturated heterocycles. The van der Waals surface area contributed by atoms with E-state index in [1.807, 2.05) is 11.8 Å². The number of nitrogens with zero attached hydrogens (tertiary/aromatic N) is 1. The Labute approximate surface area is 91.4 Å². The Balaban J connectivity index is 2.00. The summed E-state index contributed by atoms with van der Waals surface area (Å²) in [5, 5.41) is 6.69. The number of piperidine rings is 1. The highest BCUT2D eigenvalue weighted by atomic mass is 16.2. The zero-order chi connectivity index (χ0) is 10.7. The van der Waals surface area contributed by atoms with Crippen LogP contribution in [0.2, 0.25) is 0 Å². The van der Waals surface area contributed by atoms with E-state index in [0.717, 1.165) is 32.5 Å². The summed E-state index contributed by atoms with van der Waals surface area (Å²) in [6.07, 6.45) is 4.94. The highest BCUT2D eigenvalue weighted by molar-refractivity contribution is 5.82. The molecule has 1 amide bonds. The van der Waals surface area contributed by atoms with Crippen LogP contribution in [0.15, 0.2) is 0 Å². The summed E-state index contributed by atoms with van der Waals surface area (Å²) >= 11 is 0. The van der Waals surface area contributed by atoms with Gasteiger partial charge in [-0.3, -0.25) is 10.1 Å². The number of hydrogen-bond donors (Lipinski definition) is 2. The molecule has 4 nitrogen and oxygen atoms in total. The highest BCUT2D eigenvalue weighted by Gasteiger charge is 2.29. The Hall–Kier alpha value is -0.610. The van der Waals surface area contributed by atoms with Crippen LogP contribution < -0.4 is 10.6 Å². The maximum atomic E-state index is 12.1. The molecule has 15 heavy (non-hydrogen) atoms. The zero-order valence-electron chi connectivity index (χ0n) is 9.46. The smallest absolute Gasteiger partial charge is 0.240 e. The second kappa shape index (κ2) is 4.94. The van der Waals surface area contributed by atoms with E-state index >= 15 is 0 Å². The van der Waals surface area contributed by atoms with Crippen LogP contribution >= 0.6 is 0 Å². The quantitative estimate of drug-likeness (QED) is 0.655. The van der Waals surface area contributed by atoms with Crippen molar-refractivity contribution in [3.63, 3.8) is 0 Å². The van der Waals surface area contributed by atoms with E-state index in [4.69, 9.17) is 0 Å². The van der Waals surface area contributed by atoms with Gasteiger partial charge in [0.25, 0.3) is 0 Å². The fraction of sp³-hybridized carbons (Fsp3) is 0.909. The SMILES string of the molecule is CC1NCCCN(C2CCCCN2)C1=O. The number of nitrogens with one attached hydrogen (secondary N) is 2. The molecule has 2 heterocycles. The first-order chi connectivity index (χ1) is 7.29. The van der Waals surface area contributed by atoms with Crippen molar-refractivity contribution in [2.24, 2.45) is 0 Å². The average molecular weight is 211 g/mol. The molecule has 0 aromatic carbocycles. The molecule has 2 fully saturated rings. The third-order valence-electron chi connectivity index (χ3n) is 3.34. The summed E-state index contributed by atoms with van der Waals surface area (Å²) in [7, 11) is 0. The molecule has 2 aliphatic heterocycles. The average Bonchev–Trinajstić information content (AvgIpc) is 2.44. The lowest BCUT2D eigenvalue weighted by Crippen LogP contribution is -2.53. The van der Waals surface area contributed by atoms with Crippen molar-refractivity contribution in [2.45, 2.75) is 44.8 Å². The van der Waals surface area contributed by atoms with Crippen LogP contribution in [0.5, 0.6) is 0 Å². The molecule has 2 aliphatic rings. The number of rotatable bonds is 1. The fourth-order valence-electron chi connectivity index (χ4n) is 2.42. The van der Waals surface area contributed by atoms with Gasteiger partial charge >= 0.3 is 0 Å². The van der Waals surface area contributed by atoms with E-state index in [1.165, 1.54) is 12.8 Å². The first kappa shape index (κ1) is 10.9. The van der Waals surface area contributed by atoms with Gasteiger partial charge in [-0.2, -0.15) is 0 Å². The summed E-state index contributed by atoms with van der Waals surface area (Å²) in [6, 6.07) is -0.0174. The molecule has 0 radical (unpaired) electrons. The lowest BCUT2D eigenvalue weighted by molar-refractivity contribution is -0.135. The number of carbonyl (C=O) groups is 1. The van der Waals surface area contributed by atoms with E-state index in [2.05, 4.69) is 10.6 Å². The highest BCUT2D eigenvalue weighted by Crippen LogP contribution is 2.14. The summed E-state index contributed by atoms with van der Waals surface area (Å²) in [4.78, 5) is 14.1. The molecule has 0 aromatic heterocycles. The molecule has 2 N–H and O–H groups in total. The van der Waals surface area contributed by atoms with Crippen LogP contribution in [-0.2, 0) is 4.79 Å². The normalized spacial score (nSPS) is 33.9. The monoisotopic (exact) mass is 211 g/mol.